The summed E-state index contributed by atoms with van der Waals surface area (Å²) in [7, 11) is 0. The minimum absolute atomic E-state index is 0.455. The van der Waals surface area contributed by atoms with Crippen LogP contribution in [0.15, 0.2) is 48.5 Å². The average molecular weight is 288 g/mol. The molecule has 0 amide bonds. The van der Waals surface area contributed by atoms with Crippen LogP contribution in [0.2, 0.25) is 5.02 Å². The molecule has 0 saturated carbocycles. The second kappa shape index (κ2) is 7.47. The van der Waals surface area contributed by atoms with Crippen molar-refractivity contribution < 1.29 is 0 Å². The first-order valence-corrected chi connectivity index (χ1v) is 7.58. The van der Waals surface area contributed by atoms with E-state index in [2.05, 4.69) is 55.6 Å². The van der Waals surface area contributed by atoms with Crippen molar-refractivity contribution in [2.75, 3.05) is 13.1 Å². The highest BCUT2D eigenvalue weighted by atomic mass is 35.5. The maximum absolute atomic E-state index is 6.13. The molecule has 0 aliphatic rings. The van der Waals surface area contributed by atoms with E-state index >= 15 is 0 Å². The first-order valence-electron chi connectivity index (χ1n) is 7.20. The van der Waals surface area contributed by atoms with Gasteiger partial charge in [-0.3, -0.25) is 0 Å². The monoisotopic (exact) mass is 287 g/mol. The summed E-state index contributed by atoms with van der Waals surface area (Å²) in [4.78, 5) is 0. The van der Waals surface area contributed by atoms with Crippen molar-refractivity contribution in [1.29, 1.82) is 0 Å². The van der Waals surface area contributed by atoms with E-state index in [1.807, 2.05) is 12.1 Å². The summed E-state index contributed by atoms with van der Waals surface area (Å²) in [5.41, 5.74) is 3.98. The van der Waals surface area contributed by atoms with Crippen LogP contribution in [-0.2, 0) is 6.42 Å². The summed E-state index contributed by atoms with van der Waals surface area (Å²) < 4.78 is 0. The van der Waals surface area contributed by atoms with Gasteiger partial charge in [0.25, 0.3) is 0 Å². The Morgan fingerprint density at radius 1 is 1.10 bits per heavy atom. The number of benzene rings is 2. The van der Waals surface area contributed by atoms with Crippen molar-refractivity contribution in [1.82, 2.24) is 5.32 Å². The van der Waals surface area contributed by atoms with Gasteiger partial charge in [0.15, 0.2) is 0 Å². The molecule has 2 aromatic rings. The normalized spacial score (nSPS) is 12.3. The maximum atomic E-state index is 6.13. The third kappa shape index (κ3) is 4.36. The molecular weight excluding hydrogens is 266 g/mol. The molecule has 1 nitrogen and oxygen atoms in total. The van der Waals surface area contributed by atoms with E-state index in [1.54, 1.807) is 0 Å². The second-order valence-electron chi connectivity index (χ2n) is 5.25. The Morgan fingerprint density at radius 2 is 1.85 bits per heavy atom. The summed E-state index contributed by atoms with van der Waals surface area (Å²) in [5.74, 6) is 0.455. The lowest BCUT2D eigenvalue weighted by atomic mass is 9.91. The van der Waals surface area contributed by atoms with E-state index in [9.17, 15) is 0 Å². The minimum Gasteiger partial charge on any atom is -0.316 e. The predicted molar refractivity (Wildman–Crippen MR) is 87.6 cm³/mol. The highest BCUT2D eigenvalue weighted by Gasteiger charge is 2.12. The molecule has 0 aromatic heterocycles. The molecule has 0 fully saturated rings. The molecule has 0 spiro atoms. The van der Waals surface area contributed by atoms with Crippen LogP contribution in [0.3, 0.4) is 0 Å². The third-order valence-electron chi connectivity index (χ3n) is 3.56. The highest BCUT2D eigenvalue weighted by Crippen LogP contribution is 2.23. The molecule has 2 rings (SSSR count). The molecule has 0 aliphatic carbocycles. The fraction of sp³-hybridized carbons (Fsp3) is 0.333. The van der Waals surface area contributed by atoms with Gasteiger partial charge < -0.3 is 5.32 Å². The quantitative estimate of drug-likeness (QED) is 0.820. The van der Waals surface area contributed by atoms with Gasteiger partial charge >= 0.3 is 0 Å². The number of likely N-dealkylation sites (N-methyl/N-ethyl adjacent to an activating group) is 1. The number of hydrogen-bond donors (Lipinski definition) is 1. The smallest absolute Gasteiger partial charge is 0.0408 e. The number of halogens is 1. The van der Waals surface area contributed by atoms with Crippen LogP contribution in [0.25, 0.3) is 0 Å². The zero-order valence-corrected chi connectivity index (χ0v) is 13.0. The number of aryl methyl sites for hydroxylation is 1. The zero-order chi connectivity index (χ0) is 14.4. The van der Waals surface area contributed by atoms with Crippen LogP contribution in [0.1, 0.15) is 29.5 Å². The van der Waals surface area contributed by atoms with Gasteiger partial charge in [-0.2, -0.15) is 0 Å². The lowest BCUT2D eigenvalue weighted by molar-refractivity contribution is 0.595. The molecule has 1 N–H and O–H groups in total. The fourth-order valence-corrected chi connectivity index (χ4v) is 2.59. The molecule has 0 heterocycles. The van der Waals surface area contributed by atoms with Crippen molar-refractivity contribution in [3.8, 4) is 0 Å². The zero-order valence-electron chi connectivity index (χ0n) is 12.2. The summed E-state index contributed by atoms with van der Waals surface area (Å²) in [6.07, 6.45) is 1.04. The van der Waals surface area contributed by atoms with Gasteiger partial charge in [0.05, 0.1) is 0 Å². The summed E-state index contributed by atoms with van der Waals surface area (Å²) in [6.45, 7) is 6.23. The van der Waals surface area contributed by atoms with E-state index in [0.717, 1.165) is 24.5 Å². The van der Waals surface area contributed by atoms with Gasteiger partial charge in [0.2, 0.25) is 0 Å². The summed E-state index contributed by atoms with van der Waals surface area (Å²) in [5, 5.41) is 4.27. The van der Waals surface area contributed by atoms with Gasteiger partial charge in [-0.15, -0.1) is 0 Å². The highest BCUT2D eigenvalue weighted by molar-refractivity contribution is 6.30. The fourth-order valence-electron chi connectivity index (χ4n) is 2.40. The minimum atomic E-state index is 0.455. The van der Waals surface area contributed by atoms with Crippen LogP contribution in [-0.4, -0.2) is 13.1 Å². The van der Waals surface area contributed by atoms with E-state index in [4.69, 9.17) is 11.6 Å². The van der Waals surface area contributed by atoms with Crippen molar-refractivity contribution in [3.05, 3.63) is 70.2 Å². The standard InChI is InChI=1S/C18H22ClN/c1-3-20-13-17(16-5-4-6-18(19)12-16)11-15-9-7-14(2)8-10-15/h4-10,12,17,20H,3,11,13H2,1-2H3. The van der Waals surface area contributed by atoms with E-state index in [-0.39, 0.29) is 0 Å². The predicted octanol–water partition coefficient (Wildman–Crippen LogP) is 4.58. The molecule has 0 saturated heterocycles. The molecule has 1 atom stereocenters. The molecule has 0 bridgehead atoms. The van der Waals surface area contributed by atoms with Crippen molar-refractivity contribution in [3.63, 3.8) is 0 Å². The Bertz CT molecular complexity index is 533. The molecule has 1 unspecified atom stereocenters. The Balaban J connectivity index is 2.16. The van der Waals surface area contributed by atoms with E-state index < -0.39 is 0 Å². The average Bonchev–Trinajstić information content (AvgIpc) is 2.45. The summed E-state index contributed by atoms with van der Waals surface area (Å²) >= 11 is 6.13. The topological polar surface area (TPSA) is 12.0 Å². The lowest BCUT2D eigenvalue weighted by Gasteiger charge is -2.18. The first-order chi connectivity index (χ1) is 9.69. The SMILES string of the molecule is CCNCC(Cc1ccc(C)cc1)c1cccc(Cl)c1. The van der Waals surface area contributed by atoms with Gasteiger partial charge in [0.1, 0.15) is 0 Å². The van der Waals surface area contributed by atoms with Crippen LogP contribution in [0.5, 0.6) is 0 Å². The van der Waals surface area contributed by atoms with Crippen molar-refractivity contribution >= 4 is 11.6 Å². The Kier molecular flexibility index (Phi) is 5.63. The summed E-state index contributed by atoms with van der Waals surface area (Å²) in [6, 6.07) is 17.0. The van der Waals surface area contributed by atoms with Crippen LogP contribution < -0.4 is 5.32 Å². The first kappa shape index (κ1) is 15.1. The third-order valence-corrected chi connectivity index (χ3v) is 3.80. The molecule has 0 aliphatic heterocycles. The number of hydrogen-bond acceptors (Lipinski definition) is 1. The van der Waals surface area contributed by atoms with E-state index in [1.165, 1.54) is 16.7 Å². The molecule has 0 radical (unpaired) electrons. The van der Waals surface area contributed by atoms with Crippen molar-refractivity contribution in [2.45, 2.75) is 26.2 Å². The Morgan fingerprint density at radius 3 is 2.50 bits per heavy atom. The van der Waals surface area contributed by atoms with Gasteiger partial charge in [-0.05, 0) is 43.1 Å². The van der Waals surface area contributed by atoms with Gasteiger partial charge in [-0.25, -0.2) is 0 Å². The Labute approximate surface area is 127 Å². The van der Waals surface area contributed by atoms with Gasteiger partial charge in [0, 0.05) is 17.5 Å². The second-order valence-corrected chi connectivity index (χ2v) is 5.69. The number of rotatable bonds is 6. The van der Waals surface area contributed by atoms with E-state index in [0.29, 0.717) is 5.92 Å². The van der Waals surface area contributed by atoms with Crippen LogP contribution >= 0.6 is 11.6 Å². The molecule has 20 heavy (non-hydrogen) atoms. The van der Waals surface area contributed by atoms with Gasteiger partial charge in [-0.1, -0.05) is 60.5 Å². The van der Waals surface area contributed by atoms with Crippen molar-refractivity contribution in [2.24, 2.45) is 0 Å². The molecule has 106 valence electrons. The Hall–Kier alpha value is -1.31. The lowest BCUT2D eigenvalue weighted by Crippen LogP contribution is -2.22. The van der Waals surface area contributed by atoms with Crippen LogP contribution in [0.4, 0.5) is 0 Å². The molecule has 2 aromatic carbocycles. The van der Waals surface area contributed by atoms with Crippen LogP contribution in [0, 0.1) is 6.92 Å². The maximum Gasteiger partial charge on any atom is 0.0408 e. The molecular formula is C18H22ClN. The number of nitrogens with one attached hydrogen (secondary N) is 1. The largest absolute Gasteiger partial charge is 0.316 e. The molecule has 2 heteroatoms.